The van der Waals surface area contributed by atoms with Crippen LogP contribution in [0.1, 0.15) is 20.8 Å². The van der Waals surface area contributed by atoms with E-state index in [0.29, 0.717) is 5.70 Å². The number of carbonyl (C=O) groups is 1. The maximum Gasteiger partial charge on any atom is 0.358 e. The first-order valence-corrected chi connectivity index (χ1v) is 3.99. The van der Waals surface area contributed by atoms with Gasteiger partial charge in [0.2, 0.25) is 0 Å². The van der Waals surface area contributed by atoms with Crippen molar-refractivity contribution >= 4 is 5.97 Å². The molecular weight excluding hydrogens is 170 g/mol. The van der Waals surface area contributed by atoms with Crippen LogP contribution in [0.15, 0.2) is 24.4 Å². The second-order valence-electron chi connectivity index (χ2n) is 3.62. The molecule has 0 bridgehead atoms. The molecule has 1 N–H and O–H groups in total. The summed E-state index contributed by atoms with van der Waals surface area (Å²) in [4.78, 5) is 11.3. The van der Waals surface area contributed by atoms with Crippen LogP contribution in [0.2, 0.25) is 0 Å². The number of carbonyl (C=O) groups excluding carboxylic acids is 1. The second kappa shape index (κ2) is 3.51. The second-order valence-corrected chi connectivity index (χ2v) is 3.62. The molecule has 0 spiro atoms. The van der Waals surface area contributed by atoms with Gasteiger partial charge in [0.1, 0.15) is 18.1 Å². The first-order chi connectivity index (χ1) is 5.99. The highest BCUT2D eigenvalue weighted by molar-refractivity contribution is 5.88. The van der Waals surface area contributed by atoms with Gasteiger partial charge in [-0.15, -0.1) is 0 Å². The SMILES string of the molecule is CC(C)(C)OC(=O)C1=COC=CN1. The third-order valence-corrected chi connectivity index (χ3v) is 1.19. The van der Waals surface area contributed by atoms with Crippen molar-refractivity contribution in [3.05, 3.63) is 24.4 Å². The maximum atomic E-state index is 11.3. The summed E-state index contributed by atoms with van der Waals surface area (Å²) in [6.45, 7) is 5.43. The van der Waals surface area contributed by atoms with Gasteiger partial charge in [-0.1, -0.05) is 0 Å². The van der Waals surface area contributed by atoms with Crippen molar-refractivity contribution in [1.29, 1.82) is 0 Å². The zero-order valence-corrected chi connectivity index (χ0v) is 7.96. The molecule has 0 saturated carbocycles. The molecule has 4 nitrogen and oxygen atoms in total. The Morgan fingerprint density at radius 2 is 2.23 bits per heavy atom. The van der Waals surface area contributed by atoms with Gasteiger partial charge in [0.05, 0.1) is 0 Å². The van der Waals surface area contributed by atoms with Crippen molar-refractivity contribution in [1.82, 2.24) is 5.32 Å². The lowest BCUT2D eigenvalue weighted by Crippen LogP contribution is -2.29. The molecule has 0 atom stereocenters. The van der Waals surface area contributed by atoms with Crippen LogP contribution in [0.5, 0.6) is 0 Å². The Hall–Kier alpha value is -1.45. The van der Waals surface area contributed by atoms with Crippen molar-refractivity contribution in [2.24, 2.45) is 0 Å². The quantitative estimate of drug-likeness (QED) is 0.622. The highest BCUT2D eigenvalue weighted by Crippen LogP contribution is 2.10. The van der Waals surface area contributed by atoms with Crippen LogP contribution >= 0.6 is 0 Å². The molecule has 0 aromatic rings. The van der Waals surface area contributed by atoms with Crippen molar-refractivity contribution in [2.75, 3.05) is 0 Å². The Kier molecular flexibility index (Phi) is 2.60. The number of hydrogen-bond acceptors (Lipinski definition) is 4. The topological polar surface area (TPSA) is 47.6 Å². The van der Waals surface area contributed by atoms with Crippen LogP contribution in [-0.4, -0.2) is 11.6 Å². The summed E-state index contributed by atoms with van der Waals surface area (Å²) in [7, 11) is 0. The molecule has 13 heavy (non-hydrogen) atoms. The van der Waals surface area contributed by atoms with Crippen LogP contribution in [0.25, 0.3) is 0 Å². The Labute approximate surface area is 77.2 Å². The van der Waals surface area contributed by atoms with Crippen LogP contribution in [0, 0.1) is 0 Å². The molecule has 0 aromatic carbocycles. The van der Waals surface area contributed by atoms with Crippen molar-refractivity contribution < 1.29 is 14.3 Å². The van der Waals surface area contributed by atoms with Gasteiger partial charge >= 0.3 is 5.97 Å². The maximum absolute atomic E-state index is 11.3. The molecule has 0 aromatic heterocycles. The molecule has 4 heteroatoms. The van der Waals surface area contributed by atoms with E-state index in [4.69, 9.17) is 9.47 Å². The van der Waals surface area contributed by atoms with E-state index in [1.54, 1.807) is 0 Å². The Balaban J connectivity index is 2.53. The lowest BCUT2D eigenvalue weighted by molar-refractivity contribution is -0.150. The average Bonchev–Trinajstić information content (AvgIpc) is 2.03. The van der Waals surface area contributed by atoms with Crippen molar-refractivity contribution in [2.45, 2.75) is 26.4 Å². The molecule has 0 aliphatic carbocycles. The van der Waals surface area contributed by atoms with E-state index >= 15 is 0 Å². The Morgan fingerprint density at radius 1 is 1.54 bits per heavy atom. The number of esters is 1. The zero-order chi connectivity index (χ0) is 9.90. The molecule has 0 fully saturated rings. The lowest BCUT2D eigenvalue weighted by Gasteiger charge is -2.20. The molecule has 0 saturated heterocycles. The van der Waals surface area contributed by atoms with E-state index in [1.807, 2.05) is 20.8 Å². The normalized spacial score (nSPS) is 15.5. The van der Waals surface area contributed by atoms with Gasteiger partial charge in [-0.25, -0.2) is 4.79 Å². The summed E-state index contributed by atoms with van der Waals surface area (Å²) < 4.78 is 9.91. The van der Waals surface area contributed by atoms with Crippen LogP contribution in [0.3, 0.4) is 0 Å². The summed E-state index contributed by atoms with van der Waals surface area (Å²) in [5, 5.41) is 2.72. The predicted molar refractivity (Wildman–Crippen MR) is 47.3 cm³/mol. The number of rotatable bonds is 1. The molecule has 1 aliphatic rings. The van der Waals surface area contributed by atoms with Gasteiger partial charge in [-0.05, 0) is 20.8 Å². The van der Waals surface area contributed by atoms with Gasteiger partial charge in [-0.3, -0.25) is 0 Å². The van der Waals surface area contributed by atoms with E-state index in [0.717, 1.165) is 0 Å². The fraction of sp³-hybridized carbons (Fsp3) is 0.444. The summed E-state index contributed by atoms with van der Waals surface area (Å²) >= 11 is 0. The van der Waals surface area contributed by atoms with Gasteiger partial charge in [0.15, 0.2) is 5.70 Å². The van der Waals surface area contributed by atoms with E-state index in [-0.39, 0.29) is 0 Å². The number of nitrogens with one attached hydrogen (secondary N) is 1. The molecular formula is C9H13NO3. The summed E-state index contributed by atoms with van der Waals surface area (Å²) in [5.41, 5.74) is -0.182. The first-order valence-electron chi connectivity index (χ1n) is 3.99. The van der Waals surface area contributed by atoms with Crippen LogP contribution in [-0.2, 0) is 14.3 Å². The van der Waals surface area contributed by atoms with Gasteiger partial charge in [-0.2, -0.15) is 0 Å². The van der Waals surface area contributed by atoms with Crippen molar-refractivity contribution in [3.8, 4) is 0 Å². The fourth-order valence-corrected chi connectivity index (χ4v) is 0.745. The highest BCUT2D eigenvalue weighted by Gasteiger charge is 2.20. The smallest absolute Gasteiger partial charge is 0.358 e. The Bertz CT molecular complexity index is 261. The summed E-state index contributed by atoms with van der Waals surface area (Å²) in [6.07, 6.45) is 4.28. The van der Waals surface area contributed by atoms with E-state index in [1.165, 1.54) is 18.7 Å². The number of hydrogen-bond donors (Lipinski definition) is 1. The molecule has 0 radical (unpaired) electrons. The van der Waals surface area contributed by atoms with Gasteiger partial charge < -0.3 is 14.8 Å². The zero-order valence-electron chi connectivity index (χ0n) is 7.96. The Morgan fingerprint density at radius 3 is 2.69 bits per heavy atom. The van der Waals surface area contributed by atoms with Crippen molar-refractivity contribution in [3.63, 3.8) is 0 Å². The fourth-order valence-electron chi connectivity index (χ4n) is 0.745. The third-order valence-electron chi connectivity index (χ3n) is 1.19. The van der Waals surface area contributed by atoms with E-state index < -0.39 is 11.6 Å². The third kappa shape index (κ3) is 3.19. The minimum atomic E-state index is -0.485. The van der Waals surface area contributed by atoms with Crippen LogP contribution in [0.4, 0.5) is 0 Å². The summed E-state index contributed by atoms with van der Waals surface area (Å²) in [5.74, 6) is -0.420. The van der Waals surface area contributed by atoms with E-state index in [9.17, 15) is 4.79 Å². The van der Waals surface area contributed by atoms with E-state index in [2.05, 4.69) is 5.32 Å². The predicted octanol–water partition coefficient (Wildman–Crippen LogP) is 1.26. The van der Waals surface area contributed by atoms with Gasteiger partial charge in [0, 0.05) is 6.20 Å². The first kappa shape index (κ1) is 9.64. The highest BCUT2D eigenvalue weighted by atomic mass is 16.6. The molecule has 1 rings (SSSR count). The monoisotopic (exact) mass is 183 g/mol. The lowest BCUT2D eigenvalue weighted by atomic mass is 10.2. The largest absolute Gasteiger partial charge is 0.469 e. The minimum Gasteiger partial charge on any atom is -0.469 e. The van der Waals surface area contributed by atoms with Crippen LogP contribution < -0.4 is 5.32 Å². The molecule has 72 valence electrons. The molecule has 0 amide bonds. The summed E-state index contributed by atoms with van der Waals surface area (Å²) in [6, 6.07) is 0. The standard InChI is InChI=1S/C9H13NO3/c1-9(2,3)13-8(11)7-6-12-5-4-10-7/h4-6,10H,1-3H3. The average molecular weight is 183 g/mol. The van der Waals surface area contributed by atoms with Gasteiger partial charge in [0.25, 0.3) is 0 Å². The molecule has 0 unspecified atom stereocenters. The minimum absolute atomic E-state index is 0.303. The molecule has 1 aliphatic heterocycles. The number of ether oxygens (including phenoxy) is 2. The molecule has 1 heterocycles.